The van der Waals surface area contributed by atoms with Crippen LogP contribution >= 0.6 is 15.9 Å². The summed E-state index contributed by atoms with van der Waals surface area (Å²) in [4.78, 5) is 3.91. The van der Waals surface area contributed by atoms with Gasteiger partial charge in [-0.1, -0.05) is 12.1 Å². The van der Waals surface area contributed by atoms with Crippen LogP contribution in [0.4, 0.5) is 0 Å². The van der Waals surface area contributed by atoms with Crippen LogP contribution in [0.2, 0.25) is 0 Å². The van der Waals surface area contributed by atoms with Gasteiger partial charge in [0.1, 0.15) is 5.75 Å². The van der Waals surface area contributed by atoms with Crippen LogP contribution in [-0.4, -0.2) is 4.98 Å². The molecule has 2 rings (SSSR count). The number of halogens is 1. The summed E-state index contributed by atoms with van der Waals surface area (Å²) in [7, 11) is 0. The zero-order chi connectivity index (χ0) is 10.7. The van der Waals surface area contributed by atoms with Crippen molar-refractivity contribution in [2.75, 3.05) is 0 Å². The second-order valence-electron chi connectivity index (χ2n) is 2.79. The first-order chi connectivity index (χ1) is 7.25. The smallest absolute Gasteiger partial charge is 0.286 e. The monoisotopic (exact) mass is 266 g/mol. The number of nitrogens with zero attached hydrogens (tertiary/aromatic N) is 2. The fourth-order valence-electron chi connectivity index (χ4n) is 1.05. The number of para-hydroxylation sites is 1. The minimum atomic E-state index is 0.263. The molecule has 0 N–H and O–H groups in total. The molecule has 4 nitrogen and oxygen atoms in total. The van der Waals surface area contributed by atoms with Gasteiger partial charge in [-0.3, -0.25) is 0 Å². The van der Waals surface area contributed by atoms with E-state index in [9.17, 15) is 5.21 Å². The molecule has 0 atom stereocenters. The van der Waals surface area contributed by atoms with Crippen molar-refractivity contribution in [3.8, 4) is 11.6 Å². The van der Waals surface area contributed by atoms with Crippen LogP contribution < -0.4 is 9.47 Å². The Labute approximate surface area is 94.9 Å². The van der Waals surface area contributed by atoms with Gasteiger partial charge in [-0.05, 0) is 28.1 Å². The molecule has 0 unspecified atom stereocenters. The summed E-state index contributed by atoms with van der Waals surface area (Å²) in [5.41, 5.74) is 0. The third-order valence-corrected chi connectivity index (χ3v) is 2.36. The third-order valence-electron chi connectivity index (χ3n) is 1.70. The quantitative estimate of drug-likeness (QED) is 0.619. The number of hydrogen-bond donors (Lipinski definition) is 0. The van der Waals surface area contributed by atoms with Crippen molar-refractivity contribution in [2.45, 2.75) is 0 Å². The van der Waals surface area contributed by atoms with Crippen molar-refractivity contribution in [3.05, 3.63) is 52.5 Å². The van der Waals surface area contributed by atoms with Gasteiger partial charge in [-0.2, -0.15) is 4.73 Å². The maximum absolute atomic E-state index is 11.0. The first-order valence-corrected chi connectivity index (χ1v) is 5.02. The van der Waals surface area contributed by atoms with E-state index in [1.165, 1.54) is 18.6 Å². The van der Waals surface area contributed by atoms with Crippen molar-refractivity contribution in [1.29, 1.82) is 0 Å². The Morgan fingerprint density at radius 3 is 2.87 bits per heavy atom. The Balaban J connectivity index is 2.26. The summed E-state index contributed by atoms with van der Waals surface area (Å²) < 4.78 is 6.86. The van der Waals surface area contributed by atoms with Crippen molar-refractivity contribution in [2.24, 2.45) is 0 Å². The molecule has 0 bridgehead atoms. The minimum absolute atomic E-state index is 0.263. The molecule has 0 aliphatic carbocycles. The highest BCUT2D eigenvalue weighted by atomic mass is 79.9. The first kappa shape index (κ1) is 9.92. The highest BCUT2D eigenvalue weighted by molar-refractivity contribution is 9.10. The Morgan fingerprint density at radius 1 is 1.33 bits per heavy atom. The van der Waals surface area contributed by atoms with Gasteiger partial charge >= 0.3 is 0 Å². The Bertz CT molecular complexity index is 476. The van der Waals surface area contributed by atoms with E-state index in [1.807, 2.05) is 18.2 Å². The Morgan fingerprint density at radius 2 is 2.13 bits per heavy atom. The summed E-state index contributed by atoms with van der Waals surface area (Å²) in [6.07, 6.45) is 3.95. The van der Waals surface area contributed by atoms with E-state index in [0.717, 1.165) is 4.47 Å². The van der Waals surface area contributed by atoms with Crippen molar-refractivity contribution >= 4 is 15.9 Å². The number of aromatic nitrogens is 2. The molecule has 0 aliphatic heterocycles. The number of hydrogen-bond acceptors (Lipinski definition) is 3. The van der Waals surface area contributed by atoms with Gasteiger partial charge in [0.15, 0.2) is 6.20 Å². The molecule has 0 saturated carbocycles. The van der Waals surface area contributed by atoms with Crippen molar-refractivity contribution in [3.63, 3.8) is 0 Å². The number of benzene rings is 1. The molecule has 0 spiro atoms. The lowest BCUT2D eigenvalue weighted by Crippen LogP contribution is -2.24. The molecule has 15 heavy (non-hydrogen) atoms. The molecule has 1 aromatic heterocycles. The highest BCUT2D eigenvalue weighted by Crippen LogP contribution is 2.27. The molecule has 0 radical (unpaired) electrons. The van der Waals surface area contributed by atoms with Crippen LogP contribution in [0.15, 0.2) is 47.3 Å². The topological polar surface area (TPSA) is 49.1 Å². The van der Waals surface area contributed by atoms with Gasteiger partial charge in [-0.25, -0.2) is 4.98 Å². The minimum Gasteiger partial charge on any atom is -0.619 e. The first-order valence-electron chi connectivity index (χ1n) is 4.23. The Kier molecular flexibility index (Phi) is 2.82. The van der Waals surface area contributed by atoms with Gasteiger partial charge < -0.3 is 9.94 Å². The number of rotatable bonds is 2. The number of ether oxygens (including phenoxy) is 1. The van der Waals surface area contributed by atoms with E-state index in [-0.39, 0.29) is 5.88 Å². The third kappa shape index (κ3) is 2.44. The molecule has 0 amide bonds. The lowest BCUT2D eigenvalue weighted by molar-refractivity contribution is -0.606. The molecular formula is C10H7BrN2O2. The highest BCUT2D eigenvalue weighted by Gasteiger charge is 2.04. The van der Waals surface area contributed by atoms with E-state index in [4.69, 9.17) is 4.74 Å². The molecule has 2 aromatic rings. The van der Waals surface area contributed by atoms with Crippen molar-refractivity contribution in [1.82, 2.24) is 4.98 Å². The molecule has 1 aromatic carbocycles. The standard InChI is InChI=1S/C10H7BrN2O2/c11-8-3-1-2-4-9(8)15-10-7-13(14)6-5-12-10/h1-7H. The van der Waals surface area contributed by atoms with Crippen LogP contribution in [0, 0.1) is 5.21 Å². The van der Waals surface area contributed by atoms with E-state index in [2.05, 4.69) is 20.9 Å². The van der Waals surface area contributed by atoms with Gasteiger partial charge in [0.25, 0.3) is 5.88 Å². The van der Waals surface area contributed by atoms with Crippen molar-refractivity contribution < 1.29 is 9.47 Å². The molecule has 76 valence electrons. The summed E-state index contributed by atoms with van der Waals surface area (Å²) in [6.45, 7) is 0. The second kappa shape index (κ2) is 4.27. The molecule has 0 aliphatic rings. The van der Waals surface area contributed by atoms with Gasteiger partial charge in [-0.15, -0.1) is 0 Å². The largest absolute Gasteiger partial charge is 0.619 e. The normalized spacial score (nSPS) is 9.93. The SMILES string of the molecule is [O-][n+]1ccnc(Oc2ccccc2Br)c1. The molecule has 1 heterocycles. The van der Waals surface area contributed by atoms with E-state index < -0.39 is 0 Å². The van der Waals surface area contributed by atoms with Crippen LogP contribution in [0.1, 0.15) is 0 Å². The maximum Gasteiger partial charge on any atom is 0.286 e. The van der Waals surface area contributed by atoms with E-state index >= 15 is 0 Å². The lowest BCUT2D eigenvalue weighted by Gasteiger charge is -2.05. The molecular weight excluding hydrogens is 260 g/mol. The summed E-state index contributed by atoms with van der Waals surface area (Å²) in [5, 5.41) is 11.0. The van der Waals surface area contributed by atoms with E-state index in [0.29, 0.717) is 10.5 Å². The van der Waals surface area contributed by atoms with Gasteiger partial charge in [0.2, 0.25) is 6.20 Å². The molecule has 5 heteroatoms. The fourth-order valence-corrected chi connectivity index (χ4v) is 1.42. The van der Waals surface area contributed by atoms with Crippen LogP contribution in [0.5, 0.6) is 11.6 Å². The van der Waals surface area contributed by atoms with Gasteiger partial charge in [0, 0.05) is 0 Å². The zero-order valence-corrected chi connectivity index (χ0v) is 9.22. The average molecular weight is 267 g/mol. The maximum atomic E-state index is 11.0. The summed E-state index contributed by atoms with van der Waals surface area (Å²) >= 11 is 3.33. The molecule has 0 saturated heterocycles. The lowest BCUT2D eigenvalue weighted by atomic mass is 10.3. The summed E-state index contributed by atoms with van der Waals surface area (Å²) in [6, 6.07) is 7.36. The second-order valence-corrected chi connectivity index (χ2v) is 3.64. The average Bonchev–Trinajstić information content (AvgIpc) is 2.22. The van der Waals surface area contributed by atoms with Crippen LogP contribution in [0.3, 0.4) is 0 Å². The van der Waals surface area contributed by atoms with E-state index in [1.54, 1.807) is 6.07 Å². The zero-order valence-electron chi connectivity index (χ0n) is 7.63. The molecule has 0 fully saturated rings. The summed E-state index contributed by atoms with van der Waals surface area (Å²) in [5.74, 6) is 0.885. The van der Waals surface area contributed by atoms with Crippen LogP contribution in [-0.2, 0) is 0 Å². The van der Waals surface area contributed by atoms with Gasteiger partial charge in [0.05, 0.1) is 10.7 Å². The predicted octanol–water partition coefficient (Wildman–Crippen LogP) is 2.27. The Hall–Kier alpha value is -1.62. The fraction of sp³-hybridized carbons (Fsp3) is 0. The van der Waals surface area contributed by atoms with Crippen LogP contribution in [0.25, 0.3) is 0 Å². The predicted molar refractivity (Wildman–Crippen MR) is 57.4 cm³/mol.